The number of nitrogens with zero attached hydrogens (tertiary/aromatic N) is 5. The second kappa shape index (κ2) is 11.2. The Balaban J connectivity index is 1.29. The zero-order valence-corrected chi connectivity index (χ0v) is 25.0. The number of amides is 1. The molecule has 0 radical (unpaired) electrons. The maximum atomic E-state index is 15.5. The molecule has 1 aromatic heterocycles. The van der Waals surface area contributed by atoms with Crippen LogP contribution in [-0.2, 0) is 11.2 Å². The van der Waals surface area contributed by atoms with Gasteiger partial charge < -0.3 is 19.4 Å². The van der Waals surface area contributed by atoms with Crippen LogP contribution in [0.2, 0.25) is 0 Å². The van der Waals surface area contributed by atoms with Gasteiger partial charge in [0.15, 0.2) is 17.7 Å². The van der Waals surface area contributed by atoms with E-state index in [1.165, 1.54) is 6.07 Å². The van der Waals surface area contributed by atoms with Gasteiger partial charge in [0.2, 0.25) is 0 Å². The predicted molar refractivity (Wildman–Crippen MR) is 160 cm³/mol. The molecule has 0 N–H and O–H groups in total. The number of hydrogen-bond acceptors (Lipinski definition) is 6. The van der Waals surface area contributed by atoms with Crippen LogP contribution in [0.25, 0.3) is 11.3 Å². The summed E-state index contributed by atoms with van der Waals surface area (Å²) in [6.45, 7) is 7.10. The summed E-state index contributed by atoms with van der Waals surface area (Å²) in [6, 6.07) is 8.98. The molecule has 9 heteroatoms. The van der Waals surface area contributed by atoms with E-state index in [-0.39, 0.29) is 23.5 Å². The monoisotopic (exact) mass is 575 g/mol. The van der Waals surface area contributed by atoms with Crippen LogP contribution < -0.4 is 14.5 Å². The van der Waals surface area contributed by atoms with Crippen molar-refractivity contribution in [2.45, 2.75) is 77.0 Å². The second-order valence-electron chi connectivity index (χ2n) is 12.4. The van der Waals surface area contributed by atoms with Crippen LogP contribution in [0.15, 0.2) is 36.5 Å². The Labute approximate surface area is 246 Å². The molecular weight excluding hydrogens is 536 g/mol. The topological polar surface area (TPSA) is 61.8 Å². The van der Waals surface area contributed by atoms with Crippen molar-refractivity contribution in [1.29, 1.82) is 0 Å². The summed E-state index contributed by atoms with van der Waals surface area (Å²) >= 11 is 0. The van der Waals surface area contributed by atoms with E-state index in [9.17, 15) is 4.79 Å². The average molecular weight is 576 g/mol. The fraction of sp³-hybridized carbons (Fsp3) is 0.485. The van der Waals surface area contributed by atoms with E-state index < -0.39 is 11.9 Å². The molecular formula is C33H39F2N5O2. The number of fused-ring (bicyclic) bond motifs is 1. The van der Waals surface area contributed by atoms with Crippen molar-refractivity contribution in [3.8, 4) is 17.0 Å². The van der Waals surface area contributed by atoms with Crippen molar-refractivity contribution < 1.29 is 18.3 Å². The molecule has 6 rings (SSSR count). The first kappa shape index (κ1) is 28.5. The molecule has 0 bridgehead atoms. The smallest absolute Gasteiger partial charge is 0.268 e. The van der Waals surface area contributed by atoms with Crippen molar-refractivity contribution in [3.63, 3.8) is 0 Å². The fourth-order valence-electron chi connectivity index (χ4n) is 6.25. The number of carbonyl (C=O) groups is 1. The highest BCUT2D eigenvalue weighted by molar-refractivity contribution is 6.01. The third-order valence-electron chi connectivity index (χ3n) is 8.75. The van der Waals surface area contributed by atoms with Gasteiger partial charge in [-0.3, -0.25) is 4.79 Å². The van der Waals surface area contributed by atoms with E-state index in [1.54, 1.807) is 24.0 Å². The van der Waals surface area contributed by atoms with Crippen LogP contribution in [0.4, 0.5) is 20.2 Å². The molecule has 2 aliphatic heterocycles. The van der Waals surface area contributed by atoms with Crippen LogP contribution in [0.3, 0.4) is 0 Å². The number of halogens is 2. The van der Waals surface area contributed by atoms with Gasteiger partial charge in [0, 0.05) is 43.4 Å². The number of ether oxygens (including phenoxy) is 1. The van der Waals surface area contributed by atoms with E-state index in [4.69, 9.17) is 9.72 Å². The van der Waals surface area contributed by atoms with Crippen molar-refractivity contribution >= 4 is 17.3 Å². The van der Waals surface area contributed by atoms with Gasteiger partial charge in [0.05, 0.1) is 17.1 Å². The van der Waals surface area contributed by atoms with Gasteiger partial charge in [0.25, 0.3) is 5.91 Å². The van der Waals surface area contributed by atoms with Crippen LogP contribution in [0.5, 0.6) is 5.75 Å². The highest BCUT2D eigenvalue weighted by atomic mass is 19.1. The summed E-state index contributed by atoms with van der Waals surface area (Å²) in [7, 11) is 4.19. The molecule has 2 fully saturated rings. The SMILES string of the molecule is CC1Oc2c(F)cc(-c3nc(Cc4ccc(N5CCC(N(C)C)CC5)c(F)c4)ncc3C3CC3)cc2N(C(C)C)C1=O. The summed E-state index contributed by atoms with van der Waals surface area (Å²) in [5.41, 5.74) is 4.02. The number of carbonyl (C=O) groups excluding carboxylic acids is 1. The lowest BCUT2D eigenvalue weighted by atomic mass is 10.0. The number of anilines is 2. The van der Waals surface area contributed by atoms with Crippen LogP contribution in [0, 0.1) is 11.6 Å². The average Bonchev–Trinajstić information content (AvgIpc) is 3.80. The molecule has 42 heavy (non-hydrogen) atoms. The van der Waals surface area contributed by atoms with Gasteiger partial charge in [0.1, 0.15) is 11.6 Å². The van der Waals surface area contributed by atoms with Crippen LogP contribution >= 0.6 is 0 Å². The molecule has 1 atom stereocenters. The molecule has 0 spiro atoms. The Morgan fingerprint density at radius 3 is 2.40 bits per heavy atom. The Kier molecular flexibility index (Phi) is 7.64. The molecule has 2 aromatic carbocycles. The van der Waals surface area contributed by atoms with E-state index in [1.807, 2.05) is 32.2 Å². The summed E-state index contributed by atoms with van der Waals surface area (Å²) < 4.78 is 36.5. The predicted octanol–water partition coefficient (Wildman–Crippen LogP) is 5.94. The number of aromatic nitrogens is 2. The number of rotatable bonds is 7. The molecule has 3 aliphatic rings. The zero-order chi connectivity index (χ0) is 29.7. The normalized spacial score (nSPS) is 19.5. The molecule has 3 heterocycles. The van der Waals surface area contributed by atoms with E-state index in [0.29, 0.717) is 46.8 Å². The maximum absolute atomic E-state index is 15.5. The Morgan fingerprint density at radius 2 is 1.76 bits per heavy atom. The van der Waals surface area contributed by atoms with Crippen LogP contribution in [0.1, 0.15) is 69.3 Å². The van der Waals surface area contributed by atoms with Crippen molar-refractivity contribution in [2.24, 2.45) is 0 Å². The van der Waals surface area contributed by atoms with Gasteiger partial charge in [-0.25, -0.2) is 18.7 Å². The molecule has 1 unspecified atom stereocenters. The Hall–Kier alpha value is -3.59. The second-order valence-corrected chi connectivity index (χ2v) is 12.4. The van der Waals surface area contributed by atoms with Crippen molar-refractivity contribution in [1.82, 2.24) is 14.9 Å². The number of piperidine rings is 1. The highest BCUT2D eigenvalue weighted by Crippen LogP contribution is 2.46. The van der Waals surface area contributed by atoms with Gasteiger partial charge in [-0.15, -0.1) is 0 Å². The standard InChI is InChI=1S/C33H39F2N5O2/c1-19(2)40-29-17-23(16-27(35)32(29)42-20(3)33(40)41)31-25(22-7-8-22)18-36-30(37-31)15-21-6-9-28(26(34)14-21)39-12-10-24(11-13-39)38(4)5/h6,9,14,16-20,22,24H,7-8,10-13,15H2,1-5H3. The third kappa shape index (κ3) is 5.46. The van der Waals surface area contributed by atoms with Gasteiger partial charge in [-0.05, 0) is 102 Å². The van der Waals surface area contributed by atoms with Crippen molar-refractivity contribution in [2.75, 3.05) is 37.0 Å². The van der Waals surface area contributed by atoms with Gasteiger partial charge >= 0.3 is 0 Å². The molecule has 1 saturated carbocycles. The minimum Gasteiger partial charge on any atom is -0.476 e. The molecule has 1 saturated heterocycles. The lowest BCUT2D eigenvalue weighted by Gasteiger charge is -2.36. The third-order valence-corrected chi connectivity index (χ3v) is 8.75. The largest absolute Gasteiger partial charge is 0.476 e. The lowest BCUT2D eigenvalue weighted by molar-refractivity contribution is -0.126. The number of benzene rings is 2. The Morgan fingerprint density at radius 1 is 1.02 bits per heavy atom. The summed E-state index contributed by atoms with van der Waals surface area (Å²) in [4.78, 5) is 28.4. The molecule has 3 aromatic rings. The maximum Gasteiger partial charge on any atom is 0.268 e. The lowest BCUT2D eigenvalue weighted by Crippen LogP contribution is -2.48. The van der Waals surface area contributed by atoms with Gasteiger partial charge in [-0.2, -0.15) is 0 Å². The number of hydrogen-bond donors (Lipinski definition) is 0. The van der Waals surface area contributed by atoms with E-state index in [2.05, 4.69) is 28.9 Å². The zero-order valence-electron chi connectivity index (χ0n) is 25.0. The molecule has 1 amide bonds. The Bertz CT molecular complexity index is 1500. The van der Waals surface area contributed by atoms with E-state index in [0.717, 1.165) is 49.9 Å². The first-order valence-electron chi connectivity index (χ1n) is 15.0. The molecule has 7 nitrogen and oxygen atoms in total. The summed E-state index contributed by atoms with van der Waals surface area (Å²) in [6.07, 6.45) is 5.49. The minimum atomic E-state index is -0.760. The van der Waals surface area contributed by atoms with Crippen LogP contribution in [-0.4, -0.2) is 66.1 Å². The van der Waals surface area contributed by atoms with Gasteiger partial charge in [-0.1, -0.05) is 6.07 Å². The molecule has 222 valence electrons. The summed E-state index contributed by atoms with van der Waals surface area (Å²) in [5.74, 6) is -0.0267. The quantitative estimate of drug-likeness (QED) is 0.348. The summed E-state index contributed by atoms with van der Waals surface area (Å²) in [5, 5.41) is 0. The molecule has 1 aliphatic carbocycles. The van der Waals surface area contributed by atoms with Crippen molar-refractivity contribution in [3.05, 3.63) is 65.1 Å². The first-order chi connectivity index (χ1) is 20.1. The highest BCUT2D eigenvalue weighted by Gasteiger charge is 2.36. The van der Waals surface area contributed by atoms with E-state index >= 15 is 8.78 Å². The fourth-order valence-corrected chi connectivity index (χ4v) is 6.25. The minimum absolute atomic E-state index is 0.0864. The first-order valence-corrected chi connectivity index (χ1v) is 15.0.